The number of aliphatic hydroxyl groups is 1. The van der Waals surface area contributed by atoms with Crippen molar-refractivity contribution in [3.8, 4) is 0 Å². The van der Waals surface area contributed by atoms with Gasteiger partial charge in [0.25, 0.3) is 0 Å². The second kappa shape index (κ2) is 4.73. The quantitative estimate of drug-likeness (QED) is 0.773. The van der Waals surface area contributed by atoms with E-state index in [0.29, 0.717) is 12.0 Å². The third-order valence-electron chi connectivity index (χ3n) is 2.95. The molecule has 2 N–H and O–H groups in total. The van der Waals surface area contributed by atoms with Crippen molar-refractivity contribution >= 4 is 0 Å². The van der Waals surface area contributed by atoms with Crippen molar-refractivity contribution in [2.24, 2.45) is 0 Å². The summed E-state index contributed by atoms with van der Waals surface area (Å²) in [6, 6.07) is 6.75. The number of nitrogens with one attached hydrogen (secondary N) is 1. The second-order valence-electron chi connectivity index (χ2n) is 4.07. The minimum absolute atomic E-state index is 0.00403. The van der Waals surface area contributed by atoms with E-state index in [1.807, 2.05) is 6.07 Å². The molecule has 82 valence electrons. The van der Waals surface area contributed by atoms with Crippen LogP contribution in [0, 0.1) is 5.82 Å². The van der Waals surface area contributed by atoms with E-state index in [1.54, 1.807) is 12.1 Å². The van der Waals surface area contributed by atoms with Gasteiger partial charge < -0.3 is 10.4 Å². The van der Waals surface area contributed by atoms with Gasteiger partial charge in [-0.3, -0.25) is 0 Å². The molecule has 15 heavy (non-hydrogen) atoms. The van der Waals surface area contributed by atoms with Crippen molar-refractivity contribution in [1.82, 2.24) is 5.32 Å². The van der Waals surface area contributed by atoms with E-state index in [4.69, 9.17) is 0 Å². The van der Waals surface area contributed by atoms with Gasteiger partial charge in [-0.25, -0.2) is 4.39 Å². The smallest absolute Gasteiger partial charge is 0.126 e. The van der Waals surface area contributed by atoms with Gasteiger partial charge in [-0.05, 0) is 37.4 Å². The number of halogens is 1. The molecule has 0 radical (unpaired) electrons. The second-order valence-corrected chi connectivity index (χ2v) is 4.07. The lowest BCUT2D eigenvalue weighted by Gasteiger charge is -2.29. The molecule has 1 saturated heterocycles. The summed E-state index contributed by atoms with van der Waals surface area (Å²) in [4.78, 5) is 0. The van der Waals surface area contributed by atoms with Crippen LogP contribution >= 0.6 is 0 Å². The number of hydrogen-bond donors (Lipinski definition) is 2. The minimum Gasteiger partial charge on any atom is -0.391 e. The first kappa shape index (κ1) is 10.6. The van der Waals surface area contributed by atoms with Gasteiger partial charge in [-0.1, -0.05) is 18.2 Å². The number of benzene rings is 1. The van der Waals surface area contributed by atoms with Gasteiger partial charge in [0, 0.05) is 6.04 Å². The van der Waals surface area contributed by atoms with E-state index in [9.17, 15) is 9.50 Å². The Morgan fingerprint density at radius 2 is 2.20 bits per heavy atom. The highest BCUT2D eigenvalue weighted by atomic mass is 19.1. The maximum absolute atomic E-state index is 13.4. The van der Waals surface area contributed by atoms with E-state index >= 15 is 0 Å². The molecule has 2 rings (SSSR count). The summed E-state index contributed by atoms with van der Waals surface area (Å²) >= 11 is 0. The molecule has 1 aromatic carbocycles. The molecular weight excluding hydrogens is 193 g/mol. The largest absolute Gasteiger partial charge is 0.391 e. The molecule has 1 heterocycles. The third-order valence-corrected chi connectivity index (χ3v) is 2.95. The Kier molecular flexibility index (Phi) is 3.34. The van der Waals surface area contributed by atoms with Crippen LogP contribution in [-0.4, -0.2) is 23.8 Å². The van der Waals surface area contributed by atoms with Crippen LogP contribution in [0.5, 0.6) is 0 Å². The number of aliphatic hydroxyl groups excluding tert-OH is 1. The van der Waals surface area contributed by atoms with Crippen molar-refractivity contribution in [3.63, 3.8) is 0 Å². The van der Waals surface area contributed by atoms with Crippen LogP contribution in [0.25, 0.3) is 0 Å². The number of piperidine rings is 1. The van der Waals surface area contributed by atoms with E-state index in [2.05, 4.69) is 5.32 Å². The average molecular weight is 209 g/mol. The minimum atomic E-state index is -0.349. The van der Waals surface area contributed by atoms with E-state index in [1.165, 1.54) is 6.07 Å². The lowest BCUT2D eigenvalue weighted by Crippen LogP contribution is -2.46. The Labute approximate surface area is 89.1 Å². The summed E-state index contributed by atoms with van der Waals surface area (Å²) in [7, 11) is 0. The Hall–Kier alpha value is -0.930. The predicted octanol–water partition coefficient (Wildman–Crippen LogP) is 1.48. The van der Waals surface area contributed by atoms with Crippen LogP contribution in [0.4, 0.5) is 4.39 Å². The molecule has 1 aliphatic heterocycles. The topological polar surface area (TPSA) is 32.3 Å². The molecule has 0 saturated carbocycles. The van der Waals surface area contributed by atoms with Crippen molar-refractivity contribution in [3.05, 3.63) is 35.6 Å². The first-order chi connectivity index (χ1) is 7.27. The molecule has 0 aliphatic carbocycles. The van der Waals surface area contributed by atoms with Gasteiger partial charge in [-0.15, -0.1) is 0 Å². The molecule has 2 atom stereocenters. The fourth-order valence-corrected chi connectivity index (χ4v) is 2.04. The van der Waals surface area contributed by atoms with Crippen LogP contribution in [0.15, 0.2) is 24.3 Å². The molecule has 1 fully saturated rings. The zero-order valence-corrected chi connectivity index (χ0v) is 8.62. The highest BCUT2D eigenvalue weighted by molar-refractivity contribution is 5.18. The van der Waals surface area contributed by atoms with Crippen molar-refractivity contribution in [2.45, 2.75) is 31.4 Å². The molecule has 0 unspecified atom stereocenters. The Morgan fingerprint density at radius 1 is 1.40 bits per heavy atom. The molecular formula is C12H16FNO. The summed E-state index contributed by atoms with van der Waals surface area (Å²) in [6.07, 6.45) is 2.02. The zero-order chi connectivity index (χ0) is 10.7. The highest BCUT2D eigenvalue weighted by Gasteiger charge is 2.23. The van der Waals surface area contributed by atoms with Crippen molar-refractivity contribution < 1.29 is 9.50 Å². The van der Waals surface area contributed by atoms with Crippen LogP contribution in [0.3, 0.4) is 0 Å². The molecule has 0 spiro atoms. The molecule has 1 aromatic rings. The summed E-state index contributed by atoms with van der Waals surface area (Å²) in [5.41, 5.74) is 0.677. The van der Waals surface area contributed by atoms with Gasteiger partial charge in [0.15, 0.2) is 0 Å². The van der Waals surface area contributed by atoms with Gasteiger partial charge in [0.1, 0.15) is 5.82 Å². The third kappa shape index (κ3) is 2.55. The maximum atomic E-state index is 13.4. The van der Waals surface area contributed by atoms with Crippen LogP contribution in [0.1, 0.15) is 18.4 Å². The molecule has 0 amide bonds. The lowest BCUT2D eigenvalue weighted by molar-refractivity contribution is 0.0960. The Morgan fingerprint density at radius 3 is 2.93 bits per heavy atom. The predicted molar refractivity (Wildman–Crippen MR) is 57.1 cm³/mol. The molecule has 0 aromatic heterocycles. The molecule has 1 aliphatic rings. The summed E-state index contributed by atoms with van der Waals surface area (Å²) < 4.78 is 13.4. The zero-order valence-electron chi connectivity index (χ0n) is 8.62. The SMILES string of the molecule is O[C@H]1CCCN[C@H]1Cc1ccccc1F. The molecule has 3 heteroatoms. The fourth-order valence-electron chi connectivity index (χ4n) is 2.04. The van der Waals surface area contributed by atoms with Crippen molar-refractivity contribution in [1.29, 1.82) is 0 Å². The Bertz CT molecular complexity index is 329. The van der Waals surface area contributed by atoms with Crippen LogP contribution in [0.2, 0.25) is 0 Å². The van der Waals surface area contributed by atoms with Crippen molar-refractivity contribution in [2.75, 3.05) is 6.54 Å². The van der Waals surface area contributed by atoms with E-state index < -0.39 is 0 Å². The summed E-state index contributed by atoms with van der Waals surface area (Å²) in [5.74, 6) is -0.183. The van der Waals surface area contributed by atoms with E-state index in [-0.39, 0.29) is 18.0 Å². The van der Waals surface area contributed by atoms with E-state index in [0.717, 1.165) is 19.4 Å². The van der Waals surface area contributed by atoms with Gasteiger partial charge >= 0.3 is 0 Å². The number of rotatable bonds is 2. The average Bonchev–Trinajstić information content (AvgIpc) is 2.24. The van der Waals surface area contributed by atoms with Crippen LogP contribution in [-0.2, 0) is 6.42 Å². The highest BCUT2D eigenvalue weighted by Crippen LogP contribution is 2.15. The molecule has 0 bridgehead atoms. The first-order valence-corrected chi connectivity index (χ1v) is 5.42. The van der Waals surface area contributed by atoms with Gasteiger partial charge in [0.2, 0.25) is 0 Å². The van der Waals surface area contributed by atoms with Gasteiger partial charge in [0.05, 0.1) is 6.10 Å². The Balaban J connectivity index is 2.04. The van der Waals surface area contributed by atoms with Crippen LogP contribution < -0.4 is 5.32 Å². The first-order valence-electron chi connectivity index (χ1n) is 5.42. The standard InChI is InChI=1S/C12H16FNO/c13-10-5-2-1-4-9(10)8-11-12(15)6-3-7-14-11/h1-2,4-5,11-12,14-15H,3,6-8H2/t11-,12-/m0/s1. The number of hydrogen-bond acceptors (Lipinski definition) is 2. The lowest BCUT2D eigenvalue weighted by atomic mass is 9.95. The summed E-state index contributed by atoms with van der Waals surface area (Å²) in [5, 5.41) is 13.0. The van der Waals surface area contributed by atoms with Gasteiger partial charge in [-0.2, -0.15) is 0 Å². The maximum Gasteiger partial charge on any atom is 0.126 e. The monoisotopic (exact) mass is 209 g/mol. The molecule has 2 nitrogen and oxygen atoms in total. The normalized spacial score (nSPS) is 26.5. The summed E-state index contributed by atoms with van der Waals surface area (Å²) in [6.45, 7) is 0.913. The fraction of sp³-hybridized carbons (Fsp3) is 0.500.